The van der Waals surface area contributed by atoms with Gasteiger partial charge in [0, 0.05) is 15.1 Å². The minimum absolute atomic E-state index is 0.106. The first kappa shape index (κ1) is 22.1. The summed E-state index contributed by atoms with van der Waals surface area (Å²) < 4.78 is 0.802. The molecule has 1 saturated carbocycles. The van der Waals surface area contributed by atoms with Gasteiger partial charge in [-0.1, -0.05) is 0 Å². The predicted octanol–water partition coefficient (Wildman–Crippen LogP) is 0.360. The van der Waals surface area contributed by atoms with Crippen LogP contribution in [0, 0.1) is 15.4 Å². The molecule has 3 aliphatic carbocycles. The van der Waals surface area contributed by atoms with Gasteiger partial charge in [-0.2, -0.15) is 0 Å². The Morgan fingerprint density at radius 1 is 1.26 bits per heavy atom. The second-order valence-corrected chi connectivity index (χ2v) is 9.72. The topological polar surface area (TPSA) is 165 Å². The standard InChI is InChI=1S/C21H23IN2O7/c1-24(2)15-9-6-7-5-8-10(22)3-4-11(25)13(8)16(26)12(7)18(28)21(9,31)19(29)14(17(15)27)20(23)30/h3-4,7,9,15,19,25-27,29,31H,5-6H2,1-2H3,(H2,23,30)/t7-,9-,15-,19?,21-/m0/s1. The van der Waals surface area contributed by atoms with Gasteiger partial charge < -0.3 is 31.3 Å². The van der Waals surface area contributed by atoms with Crippen LogP contribution < -0.4 is 5.73 Å². The summed E-state index contributed by atoms with van der Waals surface area (Å²) in [6, 6.07) is 2.16. The number of aliphatic hydroxyl groups is 4. The molecule has 3 aliphatic rings. The third kappa shape index (κ3) is 2.85. The minimum atomic E-state index is -2.49. The third-order valence-corrected chi connectivity index (χ3v) is 7.76. The van der Waals surface area contributed by atoms with Crippen molar-refractivity contribution in [2.75, 3.05) is 14.1 Å². The van der Waals surface area contributed by atoms with E-state index < -0.39 is 58.4 Å². The van der Waals surface area contributed by atoms with Gasteiger partial charge in [0.2, 0.25) is 0 Å². The fourth-order valence-corrected chi connectivity index (χ4v) is 6.06. The third-order valence-electron chi connectivity index (χ3n) is 6.75. The Balaban J connectivity index is 1.96. The van der Waals surface area contributed by atoms with Crippen LogP contribution in [-0.2, 0) is 16.0 Å². The highest BCUT2D eigenvalue weighted by Gasteiger charge is 2.64. The number of fused-ring (bicyclic) bond motifs is 3. The van der Waals surface area contributed by atoms with E-state index in [4.69, 9.17) is 5.73 Å². The molecule has 0 heterocycles. The zero-order valence-electron chi connectivity index (χ0n) is 16.8. The fourth-order valence-electron chi connectivity index (χ4n) is 5.39. The van der Waals surface area contributed by atoms with Gasteiger partial charge in [-0.3, -0.25) is 14.5 Å². The Morgan fingerprint density at radius 2 is 1.90 bits per heavy atom. The first-order valence-corrected chi connectivity index (χ1v) is 10.8. The molecule has 31 heavy (non-hydrogen) atoms. The molecule has 9 nitrogen and oxygen atoms in total. The summed E-state index contributed by atoms with van der Waals surface area (Å²) in [4.78, 5) is 27.1. The fraction of sp³-hybridized carbons (Fsp3) is 0.429. The van der Waals surface area contributed by atoms with Gasteiger partial charge in [-0.25, -0.2) is 0 Å². The lowest BCUT2D eigenvalue weighted by molar-refractivity contribution is -0.170. The van der Waals surface area contributed by atoms with Crippen LogP contribution in [0.15, 0.2) is 29.0 Å². The van der Waals surface area contributed by atoms with Crippen LogP contribution in [0.1, 0.15) is 17.5 Å². The summed E-state index contributed by atoms with van der Waals surface area (Å²) in [6.07, 6.45) is -1.60. The van der Waals surface area contributed by atoms with E-state index in [0.29, 0.717) is 12.0 Å². The number of halogens is 1. The molecule has 0 spiro atoms. The number of benzene rings is 1. The normalized spacial score (nSPS) is 32.6. The summed E-state index contributed by atoms with van der Waals surface area (Å²) in [6.45, 7) is 0. The molecule has 0 saturated heterocycles. The number of nitrogens with two attached hydrogens (primary N) is 1. The average Bonchev–Trinajstić information content (AvgIpc) is 2.67. The van der Waals surface area contributed by atoms with Crippen LogP contribution in [-0.4, -0.2) is 74.0 Å². The second-order valence-electron chi connectivity index (χ2n) is 8.55. The van der Waals surface area contributed by atoms with Crippen LogP contribution in [0.4, 0.5) is 0 Å². The average molecular weight is 542 g/mol. The number of hydrogen-bond acceptors (Lipinski definition) is 8. The van der Waals surface area contributed by atoms with Gasteiger partial charge in [0.15, 0.2) is 11.4 Å². The number of primary amides is 1. The van der Waals surface area contributed by atoms with Crippen LogP contribution in [0.25, 0.3) is 5.76 Å². The number of hydrogen-bond donors (Lipinski definition) is 6. The van der Waals surface area contributed by atoms with Crippen molar-refractivity contribution in [2.45, 2.75) is 30.6 Å². The Hall–Kier alpha value is -2.15. The van der Waals surface area contributed by atoms with E-state index in [0.717, 1.165) is 3.57 Å². The van der Waals surface area contributed by atoms with E-state index in [1.165, 1.54) is 6.07 Å². The largest absolute Gasteiger partial charge is 0.510 e. The number of Topliss-reactive ketones (excluding diaryl/α,β-unsaturated/α-hetero) is 1. The molecule has 1 amide bonds. The van der Waals surface area contributed by atoms with E-state index in [9.17, 15) is 35.1 Å². The molecule has 0 aliphatic heterocycles. The van der Waals surface area contributed by atoms with Crippen molar-refractivity contribution in [1.29, 1.82) is 0 Å². The van der Waals surface area contributed by atoms with Crippen molar-refractivity contribution in [2.24, 2.45) is 17.6 Å². The van der Waals surface area contributed by atoms with Crippen LogP contribution in [0.5, 0.6) is 5.75 Å². The Morgan fingerprint density at radius 3 is 2.48 bits per heavy atom. The Kier molecular flexibility index (Phi) is 5.11. The van der Waals surface area contributed by atoms with Crippen LogP contribution >= 0.6 is 22.6 Å². The van der Waals surface area contributed by atoms with Gasteiger partial charge in [0.1, 0.15) is 23.4 Å². The van der Waals surface area contributed by atoms with Crippen molar-refractivity contribution >= 4 is 40.0 Å². The van der Waals surface area contributed by atoms with E-state index in [-0.39, 0.29) is 23.3 Å². The lowest BCUT2D eigenvalue weighted by Gasteiger charge is -2.53. The maximum absolute atomic E-state index is 13.6. The predicted molar refractivity (Wildman–Crippen MR) is 118 cm³/mol. The Bertz CT molecular complexity index is 1080. The summed E-state index contributed by atoms with van der Waals surface area (Å²) >= 11 is 2.08. The number of aromatic hydroxyl groups is 1. The van der Waals surface area contributed by atoms with Gasteiger partial charge in [-0.05, 0) is 73.1 Å². The maximum atomic E-state index is 13.6. The molecule has 1 aromatic carbocycles. The van der Waals surface area contributed by atoms with Gasteiger partial charge >= 0.3 is 0 Å². The lowest BCUT2D eigenvalue weighted by atomic mass is 9.56. The van der Waals surface area contributed by atoms with Crippen molar-refractivity contribution in [3.63, 3.8) is 0 Å². The number of aliphatic hydroxyl groups excluding tert-OH is 3. The SMILES string of the molecule is CN(C)[C@@H]1C(O)=C(C(N)=O)C(O)[C@@]2(O)C(=O)C3=C(O)c4c(O)ccc(I)c4C[C@H]3C[C@@H]12. The molecule has 1 unspecified atom stereocenters. The number of likely N-dealkylation sites (N-methyl/N-ethyl adjacent to an activating group) is 1. The van der Waals surface area contributed by atoms with E-state index in [1.807, 2.05) is 0 Å². The summed E-state index contributed by atoms with van der Waals surface area (Å²) in [5.74, 6) is -4.71. The summed E-state index contributed by atoms with van der Waals surface area (Å²) in [5, 5.41) is 54.4. The quantitative estimate of drug-likeness (QED) is 0.292. The molecule has 4 rings (SSSR count). The molecule has 1 aromatic rings. The van der Waals surface area contributed by atoms with E-state index in [1.54, 1.807) is 25.1 Å². The number of phenols is 1. The van der Waals surface area contributed by atoms with Crippen LogP contribution in [0.2, 0.25) is 0 Å². The summed E-state index contributed by atoms with van der Waals surface area (Å²) in [7, 11) is 3.23. The maximum Gasteiger partial charge on any atom is 0.250 e. The molecule has 0 bridgehead atoms. The number of phenolic OH excluding ortho intramolecular Hbond substituents is 1. The molecular weight excluding hydrogens is 519 g/mol. The summed E-state index contributed by atoms with van der Waals surface area (Å²) in [5.41, 5.74) is 2.93. The van der Waals surface area contributed by atoms with Gasteiger partial charge in [0.05, 0.1) is 17.2 Å². The second kappa shape index (κ2) is 7.19. The number of ketones is 1. The molecule has 5 atom stereocenters. The highest BCUT2D eigenvalue weighted by Crippen LogP contribution is 2.53. The molecule has 1 fully saturated rings. The molecular formula is C21H23IN2O7. The van der Waals surface area contributed by atoms with Crippen molar-refractivity contribution in [3.8, 4) is 5.75 Å². The van der Waals surface area contributed by atoms with Crippen molar-refractivity contribution < 1.29 is 35.1 Å². The first-order chi connectivity index (χ1) is 14.4. The first-order valence-electron chi connectivity index (χ1n) is 9.71. The van der Waals surface area contributed by atoms with E-state index in [2.05, 4.69) is 22.6 Å². The van der Waals surface area contributed by atoms with Gasteiger partial charge in [0.25, 0.3) is 5.91 Å². The lowest BCUT2D eigenvalue weighted by Crippen LogP contribution is -2.68. The Labute approximate surface area is 191 Å². The van der Waals surface area contributed by atoms with Crippen molar-refractivity contribution in [1.82, 2.24) is 4.90 Å². The monoisotopic (exact) mass is 542 g/mol. The highest BCUT2D eigenvalue weighted by atomic mass is 127. The van der Waals surface area contributed by atoms with E-state index >= 15 is 0 Å². The highest BCUT2D eigenvalue weighted by molar-refractivity contribution is 14.1. The zero-order chi connectivity index (χ0) is 23.0. The number of carbonyl (C=O) groups excluding carboxylic acids is 2. The van der Waals surface area contributed by atoms with Gasteiger partial charge in [-0.15, -0.1) is 0 Å². The molecule has 166 valence electrons. The molecule has 0 aromatic heterocycles. The molecule has 10 heteroatoms. The molecule has 7 N–H and O–H groups in total. The van der Waals surface area contributed by atoms with Crippen molar-refractivity contribution in [3.05, 3.63) is 43.7 Å². The minimum Gasteiger partial charge on any atom is -0.510 e. The smallest absolute Gasteiger partial charge is 0.250 e. The number of amides is 1. The number of carbonyl (C=O) groups is 2. The number of rotatable bonds is 2. The zero-order valence-corrected chi connectivity index (χ0v) is 19.0. The molecule has 0 radical (unpaired) electrons. The number of nitrogens with zero attached hydrogens (tertiary/aromatic N) is 1. The van der Waals surface area contributed by atoms with Crippen LogP contribution in [0.3, 0.4) is 0 Å².